The molecule has 0 aromatic rings. The van der Waals surface area contributed by atoms with E-state index in [0.29, 0.717) is 10.7 Å². The van der Waals surface area contributed by atoms with Crippen molar-refractivity contribution >= 4 is 12.6 Å². The molecule has 16 heavy (non-hydrogen) atoms. The highest BCUT2D eigenvalue weighted by Crippen LogP contribution is 2.35. The smallest absolute Gasteiger partial charge is 0.00451 e. The van der Waals surface area contributed by atoms with Crippen LogP contribution in [0.15, 0.2) is 0 Å². The van der Waals surface area contributed by atoms with Crippen LogP contribution >= 0.6 is 12.6 Å². The molecule has 0 spiro atoms. The fourth-order valence-electron chi connectivity index (χ4n) is 2.73. The Hall–Kier alpha value is 0.350. The second-order valence-corrected chi connectivity index (χ2v) is 7.67. The van der Waals surface area contributed by atoms with Crippen LogP contribution in [0, 0.1) is 23.2 Å². The maximum Gasteiger partial charge on any atom is 0.00451 e. The molecule has 0 rings (SSSR count). The van der Waals surface area contributed by atoms with Gasteiger partial charge in [-0.1, -0.05) is 48.5 Å². The molecule has 0 N–H and O–H groups in total. The lowest BCUT2D eigenvalue weighted by atomic mass is 9.75. The van der Waals surface area contributed by atoms with Crippen LogP contribution in [-0.2, 0) is 0 Å². The normalized spacial score (nSPS) is 18.6. The second kappa shape index (κ2) is 6.93. The lowest BCUT2D eigenvalue weighted by Gasteiger charge is -2.34. The van der Waals surface area contributed by atoms with Gasteiger partial charge in [-0.15, -0.1) is 0 Å². The summed E-state index contributed by atoms with van der Waals surface area (Å²) in [6, 6.07) is 0. The van der Waals surface area contributed by atoms with Crippen molar-refractivity contribution in [3.05, 3.63) is 0 Å². The van der Waals surface area contributed by atoms with Crippen LogP contribution in [0.5, 0.6) is 0 Å². The highest BCUT2D eigenvalue weighted by molar-refractivity contribution is 7.81. The standard InChI is InChI=1S/C15H32S/c1-8-14(16)13(9-11(2)3)12(4)10-15(5,6)7/h11-14,16H,8-10H2,1-7H3. The van der Waals surface area contributed by atoms with Crippen molar-refractivity contribution in [1.82, 2.24) is 0 Å². The number of hydrogen-bond donors (Lipinski definition) is 1. The van der Waals surface area contributed by atoms with Crippen molar-refractivity contribution < 1.29 is 0 Å². The zero-order valence-corrected chi connectivity index (χ0v) is 13.3. The molecule has 0 heterocycles. The van der Waals surface area contributed by atoms with Crippen LogP contribution < -0.4 is 0 Å². The molecular formula is C15H32S. The van der Waals surface area contributed by atoms with E-state index in [2.05, 4.69) is 48.5 Å². The third-order valence-corrected chi connectivity index (χ3v) is 4.07. The molecule has 0 aliphatic rings. The third-order valence-electron chi connectivity index (χ3n) is 3.32. The molecule has 0 aromatic heterocycles. The van der Waals surface area contributed by atoms with E-state index in [1.807, 2.05) is 0 Å². The summed E-state index contributed by atoms with van der Waals surface area (Å²) in [4.78, 5) is 0. The molecule has 0 radical (unpaired) electrons. The summed E-state index contributed by atoms with van der Waals surface area (Å²) in [7, 11) is 0. The average molecular weight is 244 g/mol. The number of hydrogen-bond acceptors (Lipinski definition) is 1. The Balaban J connectivity index is 4.49. The molecule has 0 aliphatic heterocycles. The summed E-state index contributed by atoms with van der Waals surface area (Å²) in [5.41, 5.74) is 0.440. The van der Waals surface area contributed by atoms with Gasteiger partial charge in [-0.3, -0.25) is 0 Å². The van der Waals surface area contributed by atoms with Gasteiger partial charge in [0, 0.05) is 5.25 Å². The zero-order chi connectivity index (χ0) is 12.9. The first kappa shape index (κ1) is 16.4. The van der Waals surface area contributed by atoms with E-state index < -0.39 is 0 Å². The van der Waals surface area contributed by atoms with E-state index in [9.17, 15) is 0 Å². The molecule has 0 fully saturated rings. The molecule has 3 unspecified atom stereocenters. The van der Waals surface area contributed by atoms with Crippen LogP contribution in [0.3, 0.4) is 0 Å². The molecule has 0 saturated heterocycles. The van der Waals surface area contributed by atoms with E-state index >= 15 is 0 Å². The minimum absolute atomic E-state index is 0.440. The third kappa shape index (κ3) is 6.83. The van der Waals surface area contributed by atoms with Crippen LogP contribution in [0.25, 0.3) is 0 Å². The molecule has 0 aliphatic carbocycles. The summed E-state index contributed by atoms with van der Waals surface area (Å²) in [6.07, 6.45) is 3.82. The molecule has 1 heteroatoms. The van der Waals surface area contributed by atoms with Crippen LogP contribution in [0.1, 0.15) is 67.7 Å². The Morgan fingerprint density at radius 1 is 1.06 bits per heavy atom. The van der Waals surface area contributed by atoms with Gasteiger partial charge < -0.3 is 0 Å². The van der Waals surface area contributed by atoms with Crippen molar-refractivity contribution in [3.8, 4) is 0 Å². The van der Waals surface area contributed by atoms with Crippen LogP contribution in [0.2, 0.25) is 0 Å². The Labute approximate surface area is 109 Å². The summed E-state index contributed by atoms with van der Waals surface area (Å²) in [6.45, 7) is 16.4. The van der Waals surface area contributed by atoms with Crippen molar-refractivity contribution in [2.45, 2.75) is 73.0 Å². The molecular weight excluding hydrogens is 212 g/mol. The van der Waals surface area contributed by atoms with Gasteiger partial charge in [0.15, 0.2) is 0 Å². The summed E-state index contributed by atoms with van der Waals surface area (Å²) < 4.78 is 0. The van der Waals surface area contributed by atoms with Gasteiger partial charge in [-0.2, -0.15) is 12.6 Å². The van der Waals surface area contributed by atoms with E-state index in [1.54, 1.807) is 0 Å². The Bertz CT molecular complexity index is 178. The molecule has 0 nitrogen and oxygen atoms in total. The van der Waals surface area contributed by atoms with Crippen LogP contribution in [0.4, 0.5) is 0 Å². The van der Waals surface area contributed by atoms with Gasteiger partial charge in [-0.05, 0) is 42.4 Å². The zero-order valence-electron chi connectivity index (χ0n) is 12.4. The van der Waals surface area contributed by atoms with Gasteiger partial charge in [0.05, 0.1) is 0 Å². The van der Waals surface area contributed by atoms with Gasteiger partial charge in [0.2, 0.25) is 0 Å². The van der Waals surface area contributed by atoms with Crippen molar-refractivity contribution in [2.24, 2.45) is 23.2 Å². The first-order valence-electron chi connectivity index (χ1n) is 6.85. The molecule has 0 aromatic carbocycles. The minimum atomic E-state index is 0.440. The lowest BCUT2D eigenvalue weighted by molar-refractivity contribution is 0.209. The Kier molecular flexibility index (Phi) is 7.09. The molecule has 98 valence electrons. The largest absolute Gasteiger partial charge is 0.176 e. The number of rotatable bonds is 6. The molecule has 3 atom stereocenters. The summed E-state index contributed by atoms with van der Waals surface area (Å²) in [5.74, 6) is 2.34. The lowest BCUT2D eigenvalue weighted by Crippen LogP contribution is -2.27. The van der Waals surface area contributed by atoms with Crippen molar-refractivity contribution in [2.75, 3.05) is 0 Å². The van der Waals surface area contributed by atoms with Crippen molar-refractivity contribution in [1.29, 1.82) is 0 Å². The van der Waals surface area contributed by atoms with E-state index in [4.69, 9.17) is 12.6 Å². The number of thiol groups is 1. The Morgan fingerprint density at radius 2 is 1.56 bits per heavy atom. The highest BCUT2D eigenvalue weighted by Gasteiger charge is 2.27. The molecule has 0 amide bonds. The Morgan fingerprint density at radius 3 is 1.88 bits per heavy atom. The highest BCUT2D eigenvalue weighted by atomic mass is 32.1. The van der Waals surface area contributed by atoms with Crippen molar-refractivity contribution in [3.63, 3.8) is 0 Å². The fraction of sp³-hybridized carbons (Fsp3) is 1.00. The SMILES string of the molecule is CCC(S)C(CC(C)C)C(C)CC(C)(C)C. The fourth-order valence-corrected chi connectivity index (χ4v) is 3.15. The van der Waals surface area contributed by atoms with Gasteiger partial charge in [-0.25, -0.2) is 0 Å². The van der Waals surface area contributed by atoms with E-state index in [-0.39, 0.29) is 0 Å². The second-order valence-electron chi connectivity index (χ2n) is 7.01. The first-order chi connectivity index (χ1) is 7.17. The maximum absolute atomic E-state index is 4.79. The minimum Gasteiger partial charge on any atom is -0.176 e. The quantitative estimate of drug-likeness (QED) is 0.592. The van der Waals surface area contributed by atoms with Gasteiger partial charge in [0.1, 0.15) is 0 Å². The summed E-state index contributed by atoms with van der Waals surface area (Å²) >= 11 is 4.79. The van der Waals surface area contributed by atoms with E-state index in [0.717, 1.165) is 17.8 Å². The molecule has 0 bridgehead atoms. The van der Waals surface area contributed by atoms with Crippen LogP contribution in [-0.4, -0.2) is 5.25 Å². The van der Waals surface area contributed by atoms with Gasteiger partial charge >= 0.3 is 0 Å². The summed E-state index contributed by atoms with van der Waals surface area (Å²) in [5, 5.41) is 0.569. The van der Waals surface area contributed by atoms with E-state index in [1.165, 1.54) is 19.3 Å². The topological polar surface area (TPSA) is 0 Å². The average Bonchev–Trinajstić information content (AvgIpc) is 2.09. The maximum atomic E-state index is 4.79. The van der Waals surface area contributed by atoms with Gasteiger partial charge in [0.25, 0.3) is 0 Å². The predicted molar refractivity (Wildman–Crippen MR) is 79.2 cm³/mol. The molecule has 0 saturated carbocycles. The first-order valence-corrected chi connectivity index (χ1v) is 7.37. The predicted octanol–water partition coefficient (Wildman–Crippen LogP) is 5.43. The monoisotopic (exact) mass is 244 g/mol.